The molecule has 14 heavy (non-hydrogen) atoms. The molecule has 0 fully saturated rings. The Morgan fingerprint density at radius 1 is 1.29 bits per heavy atom. The van der Waals surface area contributed by atoms with E-state index in [0.29, 0.717) is 6.42 Å². The lowest BCUT2D eigenvalue weighted by atomic mass is 10.1. The minimum Gasteiger partial charge on any atom is -0.392 e. The van der Waals surface area contributed by atoms with Gasteiger partial charge in [-0.1, -0.05) is 30.3 Å². The predicted molar refractivity (Wildman–Crippen MR) is 55.6 cm³/mol. The highest BCUT2D eigenvalue weighted by Crippen LogP contribution is 2.07. The molecule has 1 aromatic carbocycles. The quantitative estimate of drug-likeness (QED) is 0.772. The van der Waals surface area contributed by atoms with E-state index < -0.39 is 6.10 Å². The molecule has 0 saturated heterocycles. The summed E-state index contributed by atoms with van der Waals surface area (Å²) in [5, 5.41) is 17.6. The van der Waals surface area contributed by atoms with E-state index >= 15 is 0 Å². The van der Waals surface area contributed by atoms with E-state index in [9.17, 15) is 5.11 Å². The molecule has 1 rings (SSSR count). The summed E-state index contributed by atoms with van der Waals surface area (Å²) in [6.45, 7) is 0. The van der Waals surface area contributed by atoms with Gasteiger partial charge in [-0.25, -0.2) is 0 Å². The number of nitrogens with zero attached hydrogens (tertiary/aromatic N) is 1. The van der Waals surface area contributed by atoms with Crippen molar-refractivity contribution in [2.24, 2.45) is 0 Å². The van der Waals surface area contributed by atoms with Gasteiger partial charge in [-0.15, -0.1) is 0 Å². The van der Waals surface area contributed by atoms with E-state index in [1.54, 1.807) is 0 Å². The maximum Gasteiger partial charge on any atom is 0.0670 e. The Balaban J connectivity index is 2.19. The maximum absolute atomic E-state index is 9.30. The Hall–Kier alpha value is -1.33. The molecule has 1 aromatic rings. The lowest BCUT2D eigenvalue weighted by Crippen LogP contribution is -2.05. The SMILES string of the molecule is N#CCC(O)CCCc1ccccc1. The number of nitriles is 1. The smallest absolute Gasteiger partial charge is 0.0670 e. The average Bonchev–Trinajstić information content (AvgIpc) is 2.20. The molecule has 0 spiro atoms. The van der Waals surface area contributed by atoms with Gasteiger partial charge in [0.05, 0.1) is 18.6 Å². The van der Waals surface area contributed by atoms with Crippen LogP contribution in [-0.4, -0.2) is 11.2 Å². The van der Waals surface area contributed by atoms with Crippen LogP contribution >= 0.6 is 0 Å². The average molecular weight is 189 g/mol. The topological polar surface area (TPSA) is 44.0 Å². The van der Waals surface area contributed by atoms with Gasteiger partial charge in [-0.05, 0) is 24.8 Å². The highest BCUT2D eigenvalue weighted by atomic mass is 16.3. The van der Waals surface area contributed by atoms with Gasteiger partial charge in [-0.2, -0.15) is 5.26 Å². The molecule has 0 saturated carbocycles. The summed E-state index contributed by atoms with van der Waals surface area (Å²) in [4.78, 5) is 0. The van der Waals surface area contributed by atoms with Crippen LogP contribution in [0.2, 0.25) is 0 Å². The van der Waals surface area contributed by atoms with Crippen LogP contribution in [0.4, 0.5) is 0 Å². The van der Waals surface area contributed by atoms with Crippen molar-refractivity contribution in [3.63, 3.8) is 0 Å². The second kappa shape index (κ2) is 6.17. The summed E-state index contributed by atoms with van der Waals surface area (Å²) in [7, 11) is 0. The van der Waals surface area contributed by atoms with Gasteiger partial charge in [-0.3, -0.25) is 0 Å². The van der Waals surface area contributed by atoms with Crippen molar-refractivity contribution in [2.45, 2.75) is 31.8 Å². The molecule has 0 amide bonds. The number of hydrogen-bond donors (Lipinski definition) is 1. The standard InChI is InChI=1S/C12H15NO/c13-10-9-12(14)8-4-7-11-5-2-1-3-6-11/h1-3,5-6,12,14H,4,7-9H2. The van der Waals surface area contributed by atoms with Crippen molar-refractivity contribution in [1.82, 2.24) is 0 Å². The van der Waals surface area contributed by atoms with Crippen molar-refractivity contribution >= 4 is 0 Å². The maximum atomic E-state index is 9.30. The molecule has 0 bridgehead atoms. The lowest BCUT2D eigenvalue weighted by Gasteiger charge is -2.05. The number of rotatable bonds is 5. The normalized spacial score (nSPS) is 12.0. The van der Waals surface area contributed by atoms with Gasteiger partial charge in [0.25, 0.3) is 0 Å². The zero-order valence-corrected chi connectivity index (χ0v) is 8.19. The second-order valence-corrected chi connectivity index (χ2v) is 3.39. The first kappa shape index (κ1) is 10.7. The fraction of sp³-hybridized carbons (Fsp3) is 0.417. The highest BCUT2D eigenvalue weighted by molar-refractivity contribution is 5.14. The Labute approximate surface area is 84.8 Å². The van der Waals surface area contributed by atoms with E-state index in [1.807, 2.05) is 24.3 Å². The number of benzene rings is 1. The third-order valence-corrected chi connectivity index (χ3v) is 2.17. The minimum atomic E-state index is -0.455. The molecule has 0 radical (unpaired) electrons. The Morgan fingerprint density at radius 2 is 2.00 bits per heavy atom. The van der Waals surface area contributed by atoms with Crippen molar-refractivity contribution in [2.75, 3.05) is 0 Å². The van der Waals surface area contributed by atoms with Crippen LogP contribution < -0.4 is 0 Å². The summed E-state index contributed by atoms with van der Waals surface area (Å²) in [5.74, 6) is 0. The summed E-state index contributed by atoms with van der Waals surface area (Å²) in [6.07, 6.45) is 2.41. The van der Waals surface area contributed by atoms with E-state index in [-0.39, 0.29) is 6.42 Å². The van der Waals surface area contributed by atoms with Crippen LogP contribution in [0.3, 0.4) is 0 Å². The molecule has 2 nitrogen and oxygen atoms in total. The largest absolute Gasteiger partial charge is 0.392 e. The van der Waals surface area contributed by atoms with Crippen LogP contribution in [0, 0.1) is 11.3 Å². The monoisotopic (exact) mass is 189 g/mol. The first-order valence-electron chi connectivity index (χ1n) is 4.92. The van der Waals surface area contributed by atoms with Gasteiger partial charge in [0.2, 0.25) is 0 Å². The number of hydrogen-bond acceptors (Lipinski definition) is 2. The summed E-state index contributed by atoms with van der Waals surface area (Å²) in [5.41, 5.74) is 1.29. The minimum absolute atomic E-state index is 0.245. The summed E-state index contributed by atoms with van der Waals surface area (Å²) in [6, 6.07) is 12.2. The molecular formula is C12H15NO. The van der Waals surface area contributed by atoms with Gasteiger partial charge in [0.15, 0.2) is 0 Å². The molecule has 1 unspecified atom stereocenters. The number of aliphatic hydroxyl groups is 1. The molecule has 0 heterocycles. The van der Waals surface area contributed by atoms with Crippen molar-refractivity contribution in [1.29, 1.82) is 5.26 Å². The molecule has 0 aliphatic heterocycles. The molecular weight excluding hydrogens is 174 g/mol. The van der Waals surface area contributed by atoms with Crippen LogP contribution in [-0.2, 0) is 6.42 Å². The molecule has 2 heteroatoms. The van der Waals surface area contributed by atoms with Crippen LogP contribution in [0.5, 0.6) is 0 Å². The zero-order valence-electron chi connectivity index (χ0n) is 8.19. The predicted octanol–water partition coefficient (Wildman–Crippen LogP) is 2.28. The first-order valence-corrected chi connectivity index (χ1v) is 4.92. The number of aliphatic hydroxyl groups excluding tert-OH is 1. The lowest BCUT2D eigenvalue weighted by molar-refractivity contribution is 0.167. The summed E-state index contributed by atoms with van der Waals surface area (Å²) < 4.78 is 0. The van der Waals surface area contributed by atoms with Crippen LogP contribution in [0.25, 0.3) is 0 Å². The van der Waals surface area contributed by atoms with E-state index in [4.69, 9.17) is 5.26 Å². The fourth-order valence-electron chi connectivity index (χ4n) is 1.39. The fourth-order valence-corrected chi connectivity index (χ4v) is 1.39. The third kappa shape index (κ3) is 4.06. The van der Waals surface area contributed by atoms with E-state index in [1.165, 1.54) is 5.56 Å². The van der Waals surface area contributed by atoms with Gasteiger partial charge < -0.3 is 5.11 Å². The van der Waals surface area contributed by atoms with Crippen molar-refractivity contribution < 1.29 is 5.11 Å². The Kier molecular flexibility index (Phi) is 4.74. The molecule has 1 atom stereocenters. The van der Waals surface area contributed by atoms with Crippen molar-refractivity contribution in [3.05, 3.63) is 35.9 Å². The Morgan fingerprint density at radius 3 is 2.64 bits per heavy atom. The molecule has 0 aliphatic carbocycles. The van der Waals surface area contributed by atoms with Gasteiger partial charge in [0, 0.05) is 0 Å². The van der Waals surface area contributed by atoms with Gasteiger partial charge >= 0.3 is 0 Å². The summed E-state index contributed by atoms with van der Waals surface area (Å²) >= 11 is 0. The van der Waals surface area contributed by atoms with Crippen LogP contribution in [0.15, 0.2) is 30.3 Å². The van der Waals surface area contributed by atoms with Gasteiger partial charge in [0.1, 0.15) is 0 Å². The highest BCUT2D eigenvalue weighted by Gasteiger charge is 2.02. The molecule has 0 aromatic heterocycles. The molecule has 1 N–H and O–H groups in total. The van der Waals surface area contributed by atoms with Crippen LogP contribution in [0.1, 0.15) is 24.8 Å². The number of aryl methyl sites for hydroxylation is 1. The zero-order chi connectivity index (χ0) is 10.2. The second-order valence-electron chi connectivity index (χ2n) is 3.39. The molecule has 74 valence electrons. The van der Waals surface area contributed by atoms with Crippen molar-refractivity contribution in [3.8, 4) is 6.07 Å². The Bertz CT molecular complexity index is 289. The van der Waals surface area contributed by atoms with E-state index in [2.05, 4.69) is 12.1 Å². The molecule has 0 aliphatic rings. The first-order chi connectivity index (χ1) is 6.83. The third-order valence-electron chi connectivity index (χ3n) is 2.17. The van der Waals surface area contributed by atoms with E-state index in [0.717, 1.165) is 12.8 Å².